The van der Waals surface area contributed by atoms with Crippen molar-refractivity contribution in [2.75, 3.05) is 13.7 Å². The van der Waals surface area contributed by atoms with Gasteiger partial charge in [0.25, 0.3) is 11.0 Å². The molecule has 1 saturated carbocycles. The van der Waals surface area contributed by atoms with Gasteiger partial charge in [-0.05, 0) is 84.9 Å². The van der Waals surface area contributed by atoms with Crippen LogP contribution in [0.4, 0.5) is 8.78 Å². The number of methoxy groups -OCH3 is 1. The smallest absolute Gasteiger partial charge is 0.336 e. The molecule has 0 bridgehead atoms. The lowest BCUT2D eigenvalue weighted by atomic mass is 9.89. The van der Waals surface area contributed by atoms with Crippen molar-refractivity contribution in [2.45, 2.75) is 56.8 Å². The summed E-state index contributed by atoms with van der Waals surface area (Å²) in [5, 5.41) is 30.4. The Labute approximate surface area is 305 Å². The molecule has 2 N–H and O–H groups in total. The number of alkyl halides is 2. The molecule has 12 nitrogen and oxygen atoms in total. The van der Waals surface area contributed by atoms with Crippen LogP contribution in [0, 0.1) is 22.0 Å². The van der Waals surface area contributed by atoms with Gasteiger partial charge < -0.3 is 34.0 Å². The number of unbranched alkanes of at least 4 members (excludes halogenated alkanes) is 1. The molecule has 14 heteroatoms. The van der Waals surface area contributed by atoms with Gasteiger partial charge in [0.15, 0.2) is 18.1 Å². The van der Waals surface area contributed by atoms with Crippen LogP contribution in [0.5, 0.6) is 23.0 Å². The molecular weight excluding hydrogens is 696 g/mol. The third-order valence-electron chi connectivity index (χ3n) is 8.26. The van der Waals surface area contributed by atoms with Crippen molar-refractivity contribution in [1.29, 1.82) is 0 Å². The van der Waals surface area contributed by atoms with Crippen molar-refractivity contribution in [2.24, 2.45) is 11.8 Å². The minimum absolute atomic E-state index is 0.0843. The van der Waals surface area contributed by atoms with Crippen LogP contribution in [0.25, 0.3) is 6.08 Å². The van der Waals surface area contributed by atoms with E-state index >= 15 is 0 Å². The number of carbonyl (C=O) groups is 2. The van der Waals surface area contributed by atoms with Crippen LogP contribution in [0.2, 0.25) is 0 Å². The lowest BCUT2D eigenvalue weighted by Crippen LogP contribution is -2.25. The predicted molar refractivity (Wildman–Crippen MR) is 189 cm³/mol. The summed E-state index contributed by atoms with van der Waals surface area (Å²) in [5.41, 5.74) is 1.00. The first-order valence-electron chi connectivity index (χ1n) is 16.8. The molecule has 0 spiro atoms. The zero-order valence-corrected chi connectivity index (χ0v) is 28.9. The van der Waals surface area contributed by atoms with E-state index in [-0.39, 0.29) is 36.7 Å². The number of carbonyl (C=O) groups excluding carboxylic acids is 2. The van der Waals surface area contributed by atoms with E-state index in [2.05, 4.69) is 4.84 Å². The molecule has 0 heterocycles. The van der Waals surface area contributed by atoms with Crippen molar-refractivity contribution in [3.8, 4) is 23.0 Å². The van der Waals surface area contributed by atoms with E-state index in [0.717, 1.165) is 6.08 Å². The second-order valence-electron chi connectivity index (χ2n) is 12.2. The summed E-state index contributed by atoms with van der Waals surface area (Å²) in [6.45, 7) is -1.14. The van der Waals surface area contributed by atoms with Crippen molar-refractivity contribution in [1.82, 2.24) is 0 Å². The van der Waals surface area contributed by atoms with E-state index in [9.17, 15) is 38.7 Å². The highest BCUT2D eigenvalue weighted by atomic mass is 19.3. The second-order valence-corrected chi connectivity index (χ2v) is 12.2. The Bertz CT molecular complexity index is 1760. The molecule has 4 atom stereocenters. The zero-order chi connectivity index (χ0) is 38.2. The highest BCUT2D eigenvalue weighted by molar-refractivity contribution is 5.89. The molecular formula is C39H41F2NO11. The number of esters is 2. The molecule has 282 valence electrons. The van der Waals surface area contributed by atoms with Crippen LogP contribution in [0.1, 0.15) is 43.2 Å². The summed E-state index contributed by atoms with van der Waals surface area (Å²) in [4.78, 5) is 39.6. The van der Waals surface area contributed by atoms with E-state index in [1.807, 2.05) is 12.2 Å². The number of rotatable bonds is 19. The molecule has 4 rings (SSSR count). The van der Waals surface area contributed by atoms with Crippen LogP contribution in [-0.4, -0.2) is 59.1 Å². The fourth-order valence-corrected chi connectivity index (χ4v) is 5.62. The molecule has 3 aromatic rings. The minimum atomic E-state index is -3.27. The van der Waals surface area contributed by atoms with Gasteiger partial charge in [0, 0.05) is 24.8 Å². The van der Waals surface area contributed by atoms with Gasteiger partial charge in [-0.15, -0.1) is 10.1 Å². The molecule has 0 amide bonds. The number of aliphatic hydroxyl groups is 2. The van der Waals surface area contributed by atoms with Gasteiger partial charge in [-0.1, -0.05) is 54.6 Å². The maximum Gasteiger partial charge on any atom is 0.336 e. The molecule has 0 aliphatic heterocycles. The molecule has 1 aliphatic carbocycles. The molecule has 1 aliphatic rings. The van der Waals surface area contributed by atoms with Gasteiger partial charge in [-0.2, -0.15) is 8.78 Å². The number of allylic oxidation sites excluding steroid dienone is 2. The third kappa shape index (κ3) is 13.5. The van der Waals surface area contributed by atoms with Crippen LogP contribution >= 0.6 is 0 Å². The van der Waals surface area contributed by atoms with Crippen LogP contribution in [0.3, 0.4) is 0 Å². The number of benzene rings is 3. The largest absolute Gasteiger partial charge is 0.493 e. The molecule has 3 aromatic carbocycles. The number of para-hydroxylation sites is 1. The first-order valence-corrected chi connectivity index (χ1v) is 16.8. The molecule has 1 fully saturated rings. The van der Waals surface area contributed by atoms with Gasteiger partial charge in [0.1, 0.15) is 18.1 Å². The van der Waals surface area contributed by atoms with Crippen molar-refractivity contribution in [3.63, 3.8) is 0 Å². The third-order valence-corrected chi connectivity index (χ3v) is 8.26. The number of hydrogen-bond donors (Lipinski definition) is 2. The summed E-state index contributed by atoms with van der Waals surface area (Å²) in [5.74, 6) is -4.62. The maximum absolute atomic E-state index is 14.5. The average Bonchev–Trinajstić information content (AvgIpc) is 3.41. The van der Waals surface area contributed by atoms with Crippen molar-refractivity contribution >= 4 is 18.0 Å². The highest BCUT2D eigenvalue weighted by Crippen LogP contribution is 2.37. The fourth-order valence-electron chi connectivity index (χ4n) is 5.62. The predicted octanol–water partition coefficient (Wildman–Crippen LogP) is 6.67. The minimum Gasteiger partial charge on any atom is -0.493 e. The topological polar surface area (TPSA) is 164 Å². The number of halogens is 2. The second kappa shape index (κ2) is 19.9. The fraction of sp³-hybridized carbons (Fsp3) is 0.333. The van der Waals surface area contributed by atoms with Crippen molar-refractivity contribution in [3.05, 3.63) is 124 Å². The van der Waals surface area contributed by atoms with Gasteiger partial charge in [-0.3, -0.25) is 4.79 Å². The van der Waals surface area contributed by atoms with Crippen LogP contribution in [-0.2, 0) is 21.0 Å². The standard InChI is InChI=1S/C39H41F2NO11/c1-49-36-23-27(17-19-38(46)52-30-13-9-10-28(22-30)25-51-42(47)48)16-18-35(36)53-37(45)15-8-3-2-7-14-31-32(34(44)24-33(31)43)20-21-39(40,41)26-50-29-11-5-4-6-12-29/h2,4-7,9-13,16-23,31-34,43-44H,3,8,14-15,24-26H2,1H3/b7-2-,19-17+,21-20+/t31-,32-,33+,34-/m1/s1. The van der Waals surface area contributed by atoms with Crippen LogP contribution in [0.15, 0.2) is 103 Å². The highest BCUT2D eigenvalue weighted by Gasteiger charge is 2.40. The number of ether oxygens (including phenoxy) is 4. The maximum atomic E-state index is 14.5. The summed E-state index contributed by atoms with van der Waals surface area (Å²) < 4.78 is 50.2. The molecule has 0 radical (unpaired) electrons. The molecule has 0 unspecified atom stereocenters. The van der Waals surface area contributed by atoms with Crippen LogP contribution < -0.4 is 18.9 Å². The van der Waals surface area contributed by atoms with E-state index in [4.69, 9.17) is 18.9 Å². The monoisotopic (exact) mass is 737 g/mol. The Morgan fingerprint density at radius 1 is 0.962 bits per heavy atom. The first-order chi connectivity index (χ1) is 25.4. The van der Waals surface area contributed by atoms with Gasteiger partial charge in [-0.25, -0.2) is 4.79 Å². The normalized spacial score (nSPS) is 18.7. The average molecular weight is 738 g/mol. The Morgan fingerprint density at radius 2 is 1.74 bits per heavy atom. The Morgan fingerprint density at radius 3 is 2.49 bits per heavy atom. The van der Waals surface area contributed by atoms with E-state index in [0.29, 0.717) is 36.1 Å². The molecule has 0 aromatic heterocycles. The summed E-state index contributed by atoms with van der Waals surface area (Å²) in [6, 6.07) is 19.1. The van der Waals surface area contributed by atoms with E-state index in [1.54, 1.807) is 54.6 Å². The van der Waals surface area contributed by atoms with Crippen molar-refractivity contribution < 1.29 is 57.5 Å². The van der Waals surface area contributed by atoms with Gasteiger partial charge >= 0.3 is 11.9 Å². The quantitative estimate of drug-likeness (QED) is 0.0257. The lowest BCUT2D eigenvalue weighted by molar-refractivity contribution is -0.763. The summed E-state index contributed by atoms with van der Waals surface area (Å²) in [7, 11) is 1.40. The summed E-state index contributed by atoms with van der Waals surface area (Å²) in [6.07, 6.45) is 7.99. The number of nitrogens with zero attached hydrogens (tertiary/aromatic N) is 1. The van der Waals surface area contributed by atoms with E-state index in [1.165, 1.54) is 43.5 Å². The molecule has 53 heavy (non-hydrogen) atoms. The van der Waals surface area contributed by atoms with Gasteiger partial charge in [0.05, 0.1) is 19.3 Å². The number of aliphatic hydroxyl groups excluding tert-OH is 2. The lowest BCUT2D eigenvalue weighted by Gasteiger charge is -2.20. The Kier molecular flexibility index (Phi) is 15.1. The Hall–Kier alpha value is -5.60. The SMILES string of the molecule is COc1cc(/C=C/C(=O)Oc2cccc(CO[N+](=O)[O-])c2)ccc1OC(=O)CCC/C=C\C[C@@H]1[C@@H](/C=C/C(F)(F)COc2ccccc2)[C@H](O)C[C@@H]1O. The Balaban J connectivity index is 1.20. The van der Waals surface area contributed by atoms with E-state index < -0.39 is 53.6 Å². The summed E-state index contributed by atoms with van der Waals surface area (Å²) >= 11 is 0. The first kappa shape index (κ1) is 40.2. The number of hydrogen-bond acceptors (Lipinski definition) is 11. The van der Waals surface area contributed by atoms with Gasteiger partial charge in [0.2, 0.25) is 0 Å². The molecule has 0 saturated heterocycles. The zero-order valence-electron chi connectivity index (χ0n) is 28.9.